The lowest BCUT2D eigenvalue weighted by Gasteiger charge is -2.25. The van der Waals surface area contributed by atoms with E-state index in [9.17, 15) is 28.3 Å². The van der Waals surface area contributed by atoms with E-state index in [1.165, 1.54) is 12.1 Å². The summed E-state index contributed by atoms with van der Waals surface area (Å²) >= 11 is 0. The number of ether oxygens (including phenoxy) is 1. The van der Waals surface area contributed by atoms with Crippen LogP contribution in [0.1, 0.15) is 28.6 Å². The third-order valence-corrected chi connectivity index (χ3v) is 3.83. The van der Waals surface area contributed by atoms with Crippen molar-refractivity contribution >= 4 is 0 Å². The monoisotopic (exact) mass is 364 g/mol. The second kappa shape index (κ2) is 6.24. The van der Waals surface area contributed by atoms with E-state index in [4.69, 9.17) is 14.9 Å². The maximum atomic E-state index is 13.0. The topological polar surface area (TPSA) is 109 Å². The Morgan fingerprint density at radius 2 is 2.04 bits per heavy atom. The van der Waals surface area contributed by atoms with Crippen molar-refractivity contribution in [2.24, 2.45) is 5.73 Å². The van der Waals surface area contributed by atoms with Crippen molar-refractivity contribution in [3.63, 3.8) is 0 Å². The molecule has 0 bridgehead atoms. The van der Waals surface area contributed by atoms with Gasteiger partial charge in [0.2, 0.25) is 17.1 Å². The SMILES string of the molecule is N#CC1=C(N)Oc2c(oc(CO)cc2=O)[C@H]1c1cccc(C(F)(F)F)c1. The largest absolute Gasteiger partial charge is 0.458 e. The van der Waals surface area contributed by atoms with Crippen LogP contribution in [0, 0.1) is 11.3 Å². The highest BCUT2D eigenvalue weighted by Gasteiger charge is 2.37. The molecule has 134 valence electrons. The highest BCUT2D eigenvalue weighted by molar-refractivity contribution is 5.52. The van der Waals surface area contributed by atoms with E-state index in [2.05, 4.69) is 0 Å². The third kappa shape index (κ3) is 2.91. The fraction of sp³-hybridized carbons (Fsp3) is 0.176. The summed E-state index contributed by atoms with van der Waals surface area (Å²) in [6.45, 7) is -0.612. The van der Waals surface area contributed by atoms with E-state index >= 15 is 0 Å². The van der Waals surface area contributed by atoms with Crippen LogP contribution in [0.4, 0.5) is 13.2 Å². The van der Waals surface area contributed by atoms with Gasteiger partial charge in [-0.25, -0.2) is 0 Å². The van der Waals surface area contributed by atoms with Gasteiger partial charge in [0.1, 0.15) is 24.0 Å². The maximum Gasteiger partial charge on any atom is 0.416 e. The highest BCUT2D eigenvalue weighted by Crippen LogP contribution is 2.42. The third-order valence-electron chi connectivity index (χ3n) is 3.83. The van der Waals surface area contributed by atoms with Crippen molar-refractivity contribution in [2.45, 2.75) is 18.7 Å². The summed E-state index contributed by atoms with van der Waals surface area (Å²) in [4.78, 5) is 12.2. The molecule has 0 unspecified atom stereocenters. The number of halogens is 3. The number of rotatable bonds is 2. The molecule has 26 heavy (non-hydrogen) atoms. The van der Waals surface area contributed by atoms with E-state index in [0.29, 0.717) is 0 Å². The molecule has 1 aromatic carbocycles. The van der Waals surface area contributed by atoms with Crippen LogP contribution >= 0.6 is 0 Å². The Kier molecular flexibility index (Phi) is 4.21. The van der Waals surface area contributed by atoms with Gasteiger partial charge in [-0.2, -0.15) is 18.4 Å². The zero-order valence-electron chi connectivity index (χ0n) is 13.0. The summed E-state index contributed by atoms with van der Waals surface area (Å²) in [7, 11) is 0. The van der Waals surface area contributed by atoms with Crippen LogP contribution in [0.15, 0.2) is 51.0 Å². The van der Waals surface area contributed by atoms with Crippen molar-refractivity contribution in [3.05, 3.63) is 74.7 Å². The fourth-order valence-electron chi connectivity index (χ4n) is 2.69. The summed E-state index contributed by atoms with van der Waals surface area (Å²) < 4.78 is 49.7. The van der Waals surface area contributed by atoms with Gasteiger partial charge in [-0.05, 0) is 11.6 Å². The molecule has 1 aliphatic rings. The van der Waals surface area contributed by atoms with Crippen molar-refractivity contribution in [3.8, 4) is 11.8 Å². The number of nitrogens with zero attached hydrogens (tertiary/aromatic N) is 1. The van der Waals surface area contributed by atoms with Crippen LogP contribution in [0.2, 0.25) is 0 Å². The first-order valence-corrected chi connectivity index (χ1v) is 7.28. The molecule has 0 aliphatic carbocycles. The second-order valence-corrected chi connectivity index (χ2v) is 5.48. The first kappa shape index (κ1) is 17.6. The Morgan fingerprint density at radius 1 is 1.31 bits per heavy atom. The van der Waals surface area contributed by atoms with E-state index in [-0.39, 0.29) is 28.4 Å². The molecule has 2 heterocycles. The zero-order valence-corrected chi connectivity index (χ0v) is 13.0. The summed E-state index contributed by atoms with van der Waals surface area (Å²) in [6, 6.07) is 7.01. The van der Waals surface area contributed by atoms with Gasteiger partial charge >= 0.3 is 6.18 Å². The smallest absolute Gasteiger partial charge is 0.416 e. The van der Waals surface area contributed by atoms with E-state index in [0.717, 1.165) is 18.2 Å². The lowest BCUT2D eigenvalue weighted by atomic mass is 9.86. The molecule has 1 aliphatic heterocycles. The van der Waals surface area contributed by atoms with Gasteiger partial charge in [0.25, 0.3) is 0 Å². The molecule has 3 N–H and O–H groups in total. The summed E-state index contributed by atoms with van der Waals surface area (Å²) in [6.07, 6.45) is -4.60. The number of aliphatic hydroxyl groups is 1. The molecule has 0 saturated heterocycles. The number of nitriles is 1. The molecule has 3 rings (SSSR count). The fourth-order valence-corrected chi connectivity index (χ4v) is 2.69. The highest BCUT2D eigenvalue weighted by atomic mass is 19.4. The van der Waals surface area contributed by atoms with Crippen molar-refractivity contribution in [2.75, 3.05) is 0 Å². The van der Waals surface area contributed by atoms with Gasteiger partial charge in [-0.15, -0.1) is 0 Å². The molecule has 0 saturated carbocycles. The summed E-state index contributed by atoms with van der Waals surface area (Å²) in [5.41, 5.74) is 3.92. The predicted octanol–water partition coefficient (Wildman–Crippen LogP) is 2.37. The minimum absolute atomic E-state index is 0.0436. The molecule has 0 fully saturated rings. The number of nitrogens with two attached hydrogens (primary N) is 1. The van der Waals surface area contributed by atoms with Crippen LogP contribution in [-0.2, 0) is 12.8 Å². The molecule has 0 radical (unpaired) electrons. The van der Waals surface area contributed by atoms with Crippen molar-refractivity contribution < 1.29 is 27.4 Å². The van der Waals surface area contributed by atoms with Crippen molar-refractivity contribution in [1.82, 2.24) is 0 Å². The van der Waals surface area contributed by atoms with Gasteiger partial charge in [-0.3, -0.25) is 4.79 Å². The number of alkyl halides is 3. The predicted molar refractivity (Wildman–Crippen MR) is 81.6 cm³/mol. The first-order valence-electron chi connectivity index (χ1n) is 7.28. The van der Waals surface area contributed by atoms with Gasteiger partial charge < -0.3 is 20.0 Å². The molecule has 0 amide bonds. The number of aliphatic hydroxyl groups excluding tert-OH is 1. The molecule has 1 aromatic heterocycles. The average molecular weight is 364 g/mol. The lowest BCUT2D eigenvalue weighted by molar-refractivity contribution is -0.137. The Bertz CT molecular complexity index is 1000. The number of hydrogen-bond donors (Lipinski definition) is 2. The molecule has 6 nitrogen and oxygen atoms in total. The van der Waals surface area contributed by atoms with Crippen molar-refractivity contribution in [1.29, 1.82) is 5.26 Å². The molecular formula is C17H11F3N2O4. The van der Waals surface area contributed by atoms with Crippen LogP contribution in [-0.4, -0.2) is 5.11 Å². The summed E-state index contributed by atoms with van der Waals surface area (Å²) in [5.74, 6) is -2.21. The Labute approximate surface area is 144 Å². The Balaban J connectivity index is 2.28. The number of benzene rings is 1. The van der Waals surface area contributed by atoms with Gasteiger partial charge in [-0.1, -0.05) is 18.2 Å². The van der Waals surface area contributed by atoms with Gasteiger partial charge in [0, 0.05) is 6.07 Å². The number of hydrogen-bond acceptors (Lipinski definition) is 6. The molecule has 1 atom stereocenters. The Morgan fingerprint density at radius 3 is 2.65 bits per heavy atom. The zero-order chi connectivity index (χ0) is 19.1. The van der Waals surface area contributed by atoms with Crippen LogP contribution in [0.25, 0.3) is 0 Å². The number of fused-ring (bicyclic) bond motifs is 1. The Hall–Kier alpha value is -3.25. The standard InChI is InChI=1S/C17H11F3N2O4/c18-17(19,20)9-3-1-2-8(4-9)13-11(6-21)16(22)26-14-12(24)5-10(7-23)25-15(13)14/h1-5,13,23H,7,22H2/t13-/m0/s1. The van der Waals surface area contributed by atoms with Crippen LogP contribution in [0.3, 0.4) is 0 Å². The van der Waals surface area contributed by atoms with Gasteiger partial charge in [0.15, 0.2) is 5.76 Å². The normalized spacial score (nSPS) is 16.7. The second-order valence-electron chi connectivity index (χ2n) is 5.48. The summed E-state index contributed by atoms with van der Waals surface area (Å²) in [5, 5.41) is 18.6. The van der Waals surface area contributed by atoms with Crippen LogP contribution < -0.4 is 15.9 Å². The van der Waals surface area contributed by atoms with E-state index < -0.39 is 35.6 Å². The molecule has 0 spiro atoms. The number of allylic oxidation sites excluding steroid dienone is 1. The molecule has 9 heteroatoms. The minimum atomic E-state index is -4.60. The van der Waals surface area contributed by atoms with E-state index in [1.807, 2.05) is 0 Å². The van der Waals surface area contributed by atoms with E-state index in [1.54, 1.807) is 6.07 Å². The minimum Gasteiger partial charge on any atom is -0.458 e. The van der Waals surface area contributed by atoms with Gasteiger partial charge in [0.05, 0.1) is 11.5 Å². The maximum absolute atomic E-state index is 13.0. The van der Waals surface area contributed by atoms with Crippen LogP contribution in [0.5, 0.6) is 5.75 Å². The molecular weight excluding hydrogens is 353 g/mol. The first-order chi connectivity index (χ1) is 12.3. The molecule has 2 aromatic rings. The quantitative estimate of drug-likeness (QED) is 0.847. The average Bonchev–Trinajstić information content (AvgIpc) is 2.60. The lowest BCUT2D eigenvalue weighted by Crippen LogP contribution is -2.25.